The van der Waals surface area contributed by atoms with Crippen molar-refractivity contribution in [1.82, 2.24) is 9.97 Å². The number of nitrogen functional groups attached to an aromatic ring is 1. The van der Waals surface area contributed by atoms with Crippen molar-refractivity contribution >= 4 is 16.7 Å². The summed E-state index contributed by atoms with van der Waals surface area (Å²) in [6, 6.07) is 5.07. The van der Waals surface area contributed by atoms with Gasteiger partial charge in [-0.3, -0.25) is 0 Å². The predicted octanol–water partition coefficient (Wildman–Crippen LogP) is 1.23. The van der Waals surface area contributed by atoms with Gasteiger partial charge in [0.15, 0.2) is 0 Å². The molecule has 0 amide bonds. The minimum atomic E-state index is 0.134. The summed E-state index contributed by atoms with van der Waals surface area (Å²) < 4.78 is 0. The Hall–Kier alpha value is -1.84. The fraction of sp³-hybridized carbons (Fsp3) is 0.111. The number of hydrogen-bond acceptors (Lipinski definition) is 4. The molecule has 0 spiro atoms. The van der Waals surface area contributed by atoms with E-state index in [1.165, 1.54) is 0 Å². The molecule has 13 heavy (non-hydrogen) atoms. The highest BCUT2D eigenvalue weighted by Gasteiger charge is 2.05. The molecule has 0 aliphatic heterocycles. The van der Waals surface area contributed by atoms with Gasteiger partial charge < -0.3 is 10.8 Å². The summed E-state index contributed by atoms with van der Waals surface area (Å²) in [4.78, 5) is 8.09. The molecule has 3 N–H and O–H groups in total. The third-order valence-corrected chi connectivity index (χ3v) is 1.85. The standard InChI is InChI=1S/C9H9N3O/c1-5-11-8-6(9(10)12-5)3-2-4-7(8)13/h2-4,13H,1H3,(H2,10,11,12). The summed E-state index contributed by atoms with van der Waals surface area (Å²) in [6.45, 7) is 1.74. The Morgan fingerprint density at radius 3 is 2.85 bits per heavy atom. The zero-order chi connectivity index (χ0) is 9.42. The van der Waals surface area contributed by atoms with Gasteiger partial charge in [-0.05, 0) is 19.1 Å². The number of benzene rings is 1. The monoisotopic (exact) mass is 175 g/mol. The first-order valence-electron chi connectivity index (χ1n) is 3.90. The molecule has 0 unspecified atom stereocenters. The number of aromatic nitrogens is 2. The van der Waals surface area contributed by atoms with Crippen LogP contribution in [0, 0.1) is 6.92 Å². The third kappa shape index (κ3) is 1.16. The van der Waals surface area contributed by atoms with Crippen LogP contribution in [0.3, 0.4) is 0 Å². The van der Waals surface area contributed by atoms with Crippen molar-refractivity contribution in [1.29, 1.82) is 0 Å². The Bertz CT molecular complexity index is 468. The van der Waals surface area contributed by atoms with Crippen molar-refractivity contribution in [2.75, 3.05) is 5.73 Å². The average molecular weight is 175 g/mol. The van der Waals surface area contributed by atoms with Gasteiger partial charge in [0.25, 0.3) is 0 Å². The van der Waals surface area contributed by atoms with Crippen LogP contribution in [-0.4, -0.2) is 15.1 Å². The maximum Gasteiger partial charge on any atom is 0.142 e. The molecule has 0 aliphatic rings. The van der Waals surface area contributed by atoms with Crippen molar-refractivity contribution < 1.29 is 5.11 Å². The molecule has 0 saturated heterocycles. The molecule has 66 valence electrons. The topological polar surface area (TPSA) is 72.0 Å². The molecule has 2 aromatic rings. The molecular formula is C9H9N3O. The van der Waals surface area contributed by atoms with Crippen molar-refractivity contribution in [2.45, 2.75) is 6.92 Å². The molecule has 0 fully saturated rings. The third-order valence-electron chi connectivity index (χ3n) is 1.85. The van der Waals surface area contributed by atoms with Crippen molar-refractivity contribution in [3.63, 3.8) is 0 Å². The Morgan fingerprint density at radius 1 is 1.31 bits per heavy atom. The Kier molecular flexibility index (Phi) is 1.55. The van der Waals surface area contributed by atoms with Gasteiger partial charge in [-0.25, -0.2) is 9.97 Å². The molecule has 4 nitrogen and oxygen atoms in total. The van der Waals surface area contributed by atoms with E-state index in [9.17, 15) is 5.11 Å². The van der Waals surface area contributed by atoms with E-state index < -0.39 is 0 Å². The Morgan fingerprint density at radius 2 is 2.08 bits per heavy atom. The van der Waals surface area contributed by atoms with E-state index in [0.29, 0.717) is 22.5 Å². The lowest BCUT2D eigenvalue weighted by Crippen LogP contribution is -1.97. The predicted molar refractivity (Wildman–Crippen MR) is 50.4 cm³/mol. The van der Waals surface area contributed by atoms with E-state index in [2.05, 4.69) is 9.97 Å². The molecule has 1 aromatic carbocycles. The smallest absolute Gasteiger partial charge is 0.142 e. The minimum Gasteiger partial charge on any atom is -0.506 e. The van der Waals surface area contributed by atoms with Crippen molar-refractivity contribution in [3.8, 4) is 5.75 Å². The molecule has 4 heteroatoms. The van der Waals surface area contributed by atoms with Crippen LogP contribution in [0.5, 0.6) is 5.75 Å². The van der Waals surface area contributed by atoms with Crippen molar-refractivity contribution in [2.24, 2.45) is 0 Å². The van der Waals surface area contributed by atoms with Crippen LogP contribution < -0.4 is 5.73 Å². The number of phenols is 1. The normalized spacial score (nSPS) is 10.5. The van der Waals surface area contributed by atoms with Crippen LogP contribution >= 0.6 is 0 Å². The van der Waals surface area contributed by atoms with Gasteiger partial charge in [0, 0.05) is 5.39 Å². The quantitative estimate of drug-likeness (QED) is 0.631. The first-order chi connectivity index (χ1) is 6.18. The van der Waals surface area contributed by atoms with Gasteiger partial charge in [-0.2, -0.15) is 0 Å². The van der Waals surface area contributed by atoms with Crippen molar-refractivity contribution in [3.05, 3.63) is 24.0 Å². The van der Waals surface area contributed by atoms with Gasteiger partial charge in [-0.15, -0.1) is 0 Å². The zero-order valence-corrected chi connectivity index (χ0v) is 7.15. The molecule has 0 bridgehead atoms. The Labute approximate surface area is 75.1 Å². The van der Waals surface area contributed by atoms with Crippen LogP contribution in [0.2, 0.25) is 0 Å². The number of hydrogen-bond donors (Lipinski definition) is 2. The summed E-state index contributed by atoms with van der Waals surface area (Å²) in [6.07, 6.45) is 0. The number of rotatable bonds is 0. The molecule has 0 aliphatic carbocycles. The first-order valence-corrected chi connectivity index (χ1v) is 3.90. The van der Waals surface area contributed by atoms with Crippen LogP contribution in [0.4, 0.5) is 5.82 Å². The fourth-order valence-corrected chi connectivity index (χ4v) is 1.28. The van der Waals surface area contributed by atoms with E-state index >= 15 is 0 Å². The van der Waals surface area contributed by atoms with E-state index in [1.807, 2.05) is 0 Å². The molecule has 1 aromatic heterocycles. The Balaban J connectivity index is 2.94. The van der Waals surface area contributed by atoms with E-state index in [-0.39, 0.29) is 5.75 Å². The van der Waals surface area contributed by atoms with E-state index in [0.717, 1.165) is 0 Å². The summed E-state index contributed by atoms with van der Waals surface area (Å²) >= 11 is 0. The molecule has 0 saturated carbocycles. The largest absolute Gasteiger partial charge is 0.506 e. The molecule has 0 atom stereocenters. The highest BCUT2D eigenvalue weighted by molar-refractivity contribution is 5.91. The highest BCUT2D eigenvalue weighted by Crippen LogP contribution is 2.25. The number of phenolic OH excluding ortho intramolecular Hbond substituents is 1. The average Bonchev–Trinajstić information content (AvgIpc) is 2.07. The zero-order valence-electron chi connectivity index (χ0n) is 7.15. The van der Waals surface area contributed by atoms with Crippen LogP contribution in [-0.2, 0) is 0 Å². The van der Waals surface area contributed by atoms with Gasteiger partial charge in [0.2, 0.25) is 0 Å². The number of fused-ring (bicyclic) bond motifs is 1. The maximum absolute atomic E-state index is 9.47. The van der Waals surface area contributed by atoms with Gasteiger partial charge in [-0.1, -0.05) is 6.07 Å². The molecule has 1 heterocycles. The number of aromatic hydroxyl groups is 1. The SMILES string of the molecule is Cc1nc(N)c2cccc(O)c2n1. The maximum atomic E-state index is 9.47. The molecule has 0 radical (unpaired) electrons. The number of nitrogens with two attached hydrogens (primary N) is 1. The number of para-hydroxylation sites is 1. The second kappa shape index (κ2) is 2.58. The van der Waals surface area contributed by atoms with E-state index in [4.69, 9.17) is 5.73 Å². The van der Waals surface area contributed by atoms with Crippen LogP contribution in [0.1, 0.15) is 5.82 Å². The first kappa shape index (κ1) is 7.79. The summed E-state index contributed by atoms with van der Waals surface area (Å²) in [5.74, 6) is 1.10. The summed E-state index contributed by atoms with van der Waals surface area (Å²) in [7, 11) is 0. The van der Waals surface area contributed by atoms with Gasteiger partial charge in [0.1, 0.15) is 22.9 Å². The summed E-state index contributed by atoms with van der Waals surface area (Å²) in [5.41, 5.74) is 6.17. The fourth-order valence-electron chi connectivity index (χ4n) is 1.28. The number of nitrogens with zero attached hydrogens (tertiary/aromatic N) is 2. The highest BCUT2D eigenvalue weighted by atomic mass is 16.3. The molecule has 2 rings (SSSR count). The number of aryl methyl sites for hydroxylation is 1. The van der Waals surface area contributed by atoms with Crippen LogP contribution in [0.25, 0.3) is 10.9 Å². The lowest BCUT2D eigenvalue weighted by molar-refractivity contribution is 0.480. The second-order valence-electron chi connectivity index (χ2n) is 2.83. The second-order valence-corrected chi connectivity index (χ2v) is 2.83. The lowest BCUT2D eigenvalue weighted by Gasteiger charge is -2.03. The van der Waals surface area contributed by atoms with E-state index in [1.54, 1.807) is 25.1 Å². The molecular weight excluding hydrogens is 166 g/mol. The van der Waals surface area contributed by atoms with Gasteiger partial charge in [0.05, 0.1) is 0 Å². The minimum absolute atomic E-state index is 0.134. The van der Waals surface area contributed by atoms with Crippen LogP contribution in [0.15, 0.2) is 18.2 Å². The number of anilines is 1. The van der Waals surface area contributed by atoms with Gasteiger partial charge >= 0.3 is 0 Å². The lowest BCUT2D eigenvalue weighted by atomic mass is 10.2. The summed E-state index contributed by atoms with van der Waals surface area (Å²) in [5, 5.41) is 10.2.